The maximum atomic E-state index is 12.7. The van der Waals surface area contributed by atoms with Crippen LogP contribution in [0.1, 0.15) is 41.4 Å². The molecular formula is C26H29NO5S. The summed E-state index contributed by atoms with van der Waals surface area (Å²) in [5.41, 5.74) is 3.21. The number of carboxylic acids is 1. The number of sulfone groups is 1. The van der Waals surface area contributed by atoms with E-state index in [1.165, 1.54) is 26.0 Å². The number of hydrogen-bond acceptors (Lipinski definition) is 5. The van der Waals surface area contributed by atoms with Gasteiger partial charge in [0.15, 0.2) is 9.84 Å². The predicted molar refractivity (Wildman–Crippen MR) is 129 cm³/mol. The number of benzene rings is 3. The van der Waals surface area contributed by atoms with E-state index in [-0.39, 0.29) is 10.5 Å². The van der Waals surface area contributed by atoms with Gasteiger partial charge in [0.1, 0.15) is 0 Å². The SMILES string of the molecule is CC(C)S(=O)(=O)c1cc(-c2ccc(CCNC[C@H](O)c3ccccc3)cc2)ccc1C(=O)O. The Labute approximate surface area is 194 Å². The molecule has 3 N–H and O–H groups in total. The lowest BCUT2D eigenvalue weighted by molar-refractivity contribution is 0.0692. The highest BCUT2D eigenvalue weighted by Gasteiger charge is 2.26. The number of aliphatic hydroxyl groups excluding tert-OH is 1. The molecule has 3 aromatic rings. The Morgan fingerprint density at radius 3 is 2.18 bits per heavy atom. The van der Waals surface area contributed by atoms with E-state index in [0.717, 1.165) is 23.1 Å². The van der Waals surface area contributed by atoms with E-state index in [1.807, 2.05) is 54.6 Å². The monoisotopic (exact) mass is 467 g/mol. The highest BCUT2D eigenvalue weighted by Crippen LogP contribution is 2.28. The Balaban J connectivity index is 1.67. The quantitative estimate of drug-likeness (QED) is 0.388. The summed E-state index contributed by atoms with van der Waals surface area (Å²) in [5, 5.41) is 22.2. The van der Waals surface area contributed by atoms with Crippen LogP contribution >= 0.6 is 0 Å². The lowest BCUT2D eigenvalue weighted by Gasteiger charge is -2.13. The number of aromatic carboxylic acids is 1. The third kappa shape index (κ3) is 6.07. The fourth-order valence-electron chi connectivity index (χ4n) is 3.50. The Kier molecular flexibility index (Phi) is 8.02. The second-order valence-electron chi connectivity index (χ2n) is 8.19. The van der Waals surface area contributed by atoms with E-state index >= 15 is 0 Å². The van der Waals surface area contributed by atoms with Gasteiger partial charge < -0.3 is 15.5 Å². The van der Waals surface area contributed by atoms with Crippen molar-refractivity contribution in [3.8, 4) is 11.1 Å². The third-order valence-corrected chi connectivity index (χ3v) is 7.73. The van der Waals surface area contributed by atoms with Crippen LogP contribution in [0.4, 0.5) is 0 Å². The summed E-state index contributed by atoms with van der Waals surface area (Å²) in [6, 6.07) is 21.7. The molecule has 0 unspecified atom stereocenters. The molecular weight excluding hydrogens is 438 g/mol. The van der Waals surface area contributed by atoms with Crippen LogP contribution in [0.25, 0.3) is 11.1 Å². The summed E-state index contributed by atoms with van der Waals surface area (Å²) in [5.74, 6) is -1.26. The number of carbonyl (C=O) groups is 1. The van der Waals surface area contributed by atoms with E-state index in [0.29, 0.717) is 18.7 Å². The lowest BCUT2D eigenvalue weighted by atomic mass is 10.0. The van der Waals surface area contributed by atoms with E-state index in [4.69, 9.17) is 0 Å². The predicted octanol–water partition coefficient (Wildman–Crippen LogP) is 4.10. The van der Waals surface area contributed by atoms with E-state index < -0.39 is 27.2 Å². The molecule has 0 fully saturated rings. The van der Waals surface area contributed by atoms with Crippen LogP contribution in [0.5, 0.6) is 0 Å². The molecule has 0 aliphatic heterocycles. The number of aliphatic hydroxyl groups is 1. The molecule has 3 aromatic carbocycles. The molecule has 174 valence electrons. The highest BCUT2D eigenvalue weighted by atomic mass is 32.2. The topological polar surface area (TPSA) is 104 Å². The van der Waals surface area contributed by atoms with Crippen LogP contribution in [0.2, 0.25) is 0 Å². The first-order valence-corrected chi connectivity index (χ1v) is 12.4. The molecule has 0 saturated heterocycles. The molecule has 0 aromatic heterocycles. The molecule has 0 bridgehead atoms. The van der Waals surface area contributed by atoms with Crippen LogP contribution in [0.15, 0.2) is 77.7 Å². The minimum atomic E-state index is -3.74. The van der Waals surface area contributed by atoms with Crippen molar-refractivity contribution in [2.45, 2.75) is 36.5 Å². The normalized spacial score (nSPS) is 12.6. The standard InChI is InChI=1S/C26H29NO5S/c1-18(2)33(31,32)25-16-22(12-13-23(25)26(29)30)20-10-8-19(9-11-20)14-15-27-17-24(28)21-6-4-3-5-7-21/h3-13,16,18,24,27-28H,14-15,17H2,1-2H3,(H,29,30)/t24-/m0/s1. The minimum absolute atomic E-state index is 0.159. The summed E-state index contributed by atoms with van der Waals surface area (Å²) < 4.78 is 25.4. The largest absolute Gasteiger partial charge is 0.478 e. The summed E-state index contributed by atoms with van der Waals surface area (Å²) in [6.07, 6.45) is 0.214. The Morgan fingerprint density at radius 2 is 1.58 bits per heavy atom. The first-order chi connectivity index (χ1) is 15.7. The minimum Gasteiger partial charge on any atom is -0.478 e. The zero-order valence-electron chi connectivity index (χ0n) is 18.7. The van der Waals surface area contributed by atoms with Crippen LogP contribution in [-0.2, 0) is 16.3 Å². The molecule has 1 atom stereocenters. The molecule has 0 amide bonds. The molecule has 0 heterocycles. The second kappa shape index (κ2) is 10.7. The van der Waals surface area contributed by atoms with Crippen molar-refractivity contribution in [2.75, 3.05) is 13.1 Å². The van der Waals surface area contributed by atoms with Gasteiger partial charge in [-0.05, 0) is 61.2 Å². The average molecular weight is 468 g/mol. The summed E-state index contributed by atoms with van der Waals surface area (Å²) in [6.45, 7) is 4.24. The van der Waals surface area contributed by atoms with Crippen molar-refractivity contribution in [3.63, 3.8) is 0 Å². The van der Waals surface area contributed by atoms with Crippen molar-refractivity contribution in [2.24, 2.45) is 0 Å². The number of carboxylic acid groups (broad SMARTS) is 1. The summed E-state index contributed by atoms with van der Waals surface area (Å²) in [4.78, 5) is 11.4. The van der Waals surface area contributed by atoms with Crippen molar-refractivity contribution in [3.05, 3.63) is 89.5 Å². The van der Waals surface area contributed by atoms with Gasteiger partial charge >= 0.3 is 5.97 Å². The summed E-state index contributed by atoms with van der Waals surface area (Å²) in [7, 11) is -3.74. The number of rotatable bonds is 10. The second-order valence-corrected chi connectivity index (χ2v) is 10.7. The summed E-state index contributed by atoms with van der Waals surface area (Å²) >= 11 is 0. The van der Waals surface area contributed by atoms with Gasteiger partial charge in [-0.25, -0.2) is 13.2 Å². The number of hydrogen-bond donors (Lipinski definition) is 3. The molecule has 3 rings (SSSR count). The van der Waals surface area contributed by atoms with Crippen molar-refractivity contribution >= 4 is 15.8 Å². The fraction of sp³-hybridized carbons (Fsp3) is 0.269. The van der Waals surface area contributed by atoms with E-state index in [2.05, 4.69) is 5.32 Å². The molecule has 0 saturated carbocycles. The number of nitrogens with one attached hydrogen (secondary N) is 1. The van der Waals surface area contributed by atoms with Gasteiger partial charge in [0, 0.05) is 6.54 Å². The fourth-order valence-corrected chi connectivity index (χ4v) is 4.76. The van der Waals surface area contributed by atoms with Crippen LogP contribution in [-0.4, -0.2) is 42.9 Å². The van der Waals surface area contributed by atoms with Crippen LogP contribution in [0, 0.1) is 0 Å². The Morgan fingerprint density at radius 1 is 0.939 bits per heavy atom. The zero-order chi connectivity index (χ0) is 24.0. The van der Waals surface area contributed by atoms with E-state index in [1.54, 1.807) is 6.07 Å². The maximum Gasteiger partial charge on any atom is 0.337 e. The molecule has 7 heteroatoms. The van der Waals surface area contributed by atoms with Gasteiger partial charge in [0.2, 0.25) is 0 Å². The van der Waals surface area contributed by atoms with Gasteiger partial charge in [-0.15, -0.1) is 0 Å². The molecule has 0 spiro atoms. The van der Waals surface area contributed by atoms with Gasteiger partial charge in [0.25, 0.3) is 0 Å². The van der Waals surface area contributed by atoms with E-state index in [9.17, 15) is 23.4 Å². The van der Waals surface area contributed by atoms with Crippen LogP contribution < -0.4 is 5.32 Å². The van der Waals surface area contributed by atoms with Crippen LogP contribution in [0.3, 0.4) is 0 Å². The van der Waals surface area contributed by atoms with Gasteiger partial charge in [0.05, 0.1) is 21.8 Å². The molecule has 0 radical (unpaired) electrons. The highest BCUT2D eigenvalue weighted by molar-refractivity contribution is 7.92. The third-order valence-electron chi connectivity index (χ3n) is 5.54. The van der Waals surface area contributed by atoms with Gasteiger partial charge in [-0.3, -0.25) is 0 Å². The lowest BCUT2D eigenvalue weighted by Crippen LogP contribution is -2.23. The zero-order valence-corrected chi connectivity index (χ0v) is 19.5. The van der Waals surface area contributed by atoms with Gasteiger partial charge in [-0.1, -0.05) is 60.7 Å². The Bertz CT molecular complexity index is 1190. The maximum absolute atomic E-state index is 12.7. The molecule has 6 nitrogen and oxygen atoms in total. The molecule has 0 aliphatic carbocycles. The Hall–Kier alpha value is -3.00. The smallest absolute Gasteiger partial charge is 0.337 e. The van der Waals surface area contributed by atoms with Crippen molar-refractivity contribution in [1.29, 1.82) is 0 Å². The molecule has 0 aliphatic rings. The van der Waals surface area contributed by atoms with Crippen molar-refractivity contribution < 1.29 is 23.4 Å². The first kappa shape index (κ1) is 24.6. The first-order valence-electron chi connectivity index (χ1n) is 10.8. The van der Waals surface area contributed by atoms with Crippen molar-refractivity contribution in [1.82, 2.24) is 5.32 Å². The average Bonchev–Trinajstić information content (AvgIpc) is 2.82. The van der Waals surface area contributed by atoms with Gasteiger partial charge in [-0.2, -0.15) is 0 Å². The molecule has 33 heavy (non-hydrogen) atoms.